The molecule has 0 spiro atoms. The summed E-state index contributed by atoms with van der Waals surface area (Å²) in [5, 5.41) is 3.24. The molecule has 0 saturated carbocycles. The fourth-order valence-corrected chi connectivity index (χ4v) is 5.01. The van der Waals surface area contributed by atoms with Gasteiger partial charge in [0.2, 0.25) is 0 Å². The predicted octanol–water partition coefficient (Wildman–Crippen LogP) is 11.2. The number of hydrogen-bond donors (Lipinski definition) is 0. The molecule has 7 rings (SSSR count). The monoisotopic (exact) mass is 546 g/mol. The van der Waals surface area contributed by atoms with E-state index in [1.165, 1.54) is 0 Å². The molecule has 0 N–H and O–H groups in total. The highest BCUT2D eigenvalue weighted by Crippen LogP contribution is 2.52. The van der Waals surface area contributed by atoms with Crippen LogP contribution in [0.25, 0.3) is 21.5 Å². The Bertz CT molecular complexity index is 1850. The van der Waals surface area contributed by atoms with Crippen LogP contribution in [0.15, 0.2) is 158 Å². The van der Waals surface area contributed by atoms with E-state index in [0.717, 1.165) is 38.8 Å². The van der Waals surface area contributed by atoms with E-state index in [0.29, 0.717) is 28.7 Å². The van der Waals surface area contributed by atoms with Crippen LogP contribution in [0.5, 0.6) is 46.0 Å². The van der Waals surface area contributed by atoms with Crippen LogP contribution in [0.2, 0.25) is 0 Å². The molecule has 0 amide bonds. The molecular weight excluding hydrogens is 520 g/mol. The van der Waals surface area contributed by atoms with Crippen molar-refractivity contribution in [3.8, 4) is 46.0 Å². The van der Waals surface area contributed by atoms with Crippen LogP contribution in [-0.2, 0) is 0 Å². The van der Waals surface area contributed by atoms with Crippen LogP contribution in [0, 0.1) is 0 Å². The first-order valence-electron chi connectivity index (χ1n) is 13.8. The van der Waals surface area contributed by atoms with Crippen LogP contribution in [0.4, 0.5) is 0 Å². The minimum atomic E-state index is 0.615. The summed E-state index contributed by atoms with van der Waals surface area (Å²) in [5.41, 5.74) is 0. The molecular formula is C38H26O4. The summed E-state index contributed by atoms with van der Waals surface area (Å²) in [6.45, 7) is 0. The average molecular weight is 547 g/mol. The Morgan fingerprint density at radius 1 is 0.262 bits per heavy atom. The van der Waals surface area contributed by atoms with E-state index in [9.17, 15) is 0 Å². The standard InChI is InChI=1S/C38H26O4/c1-5-15-27(16-6-1)39-33-25-13-23-31-35(33)38(42-30-21-11-4-12-22-30)36-32(37(31)41-29-19-9-3-10-20-29)24-14-26-34(36)40-28-17-7-2-8-18-28/h1-26H. The van der Waals surface area contributed by atoms with E-state index >= 15 is 0 Å². The lowest BCUT2D eigenvalue weighted by Gasteiger charge is -2.21. The molecule has 0 saturated heterocycles. The zero-order chi connectivity index (χ0) is 28.1. The van der Waals surface area contributed by atoms with Gasteiger partial charge in [0.05, 0.1) is 10.8 Å². The van der Waals surface area contributed by atoms with Crippen molar-refractivity contribution in [3.63, 3.8) is 0 Å². The first-order chi connectivity index (χ1) is 20.8. The van der Waals surface area contributed by atoms with Crippen molar-refractivity contribution in [2.24, 2.45) is 0 Å². The van der Waals surface area contributed by atoms with Crippen LogP contribution in [0.3, 0.4) is 0 Å². The van der Waals surface area contributed by atoms with Gasteiger partial charge in [0, 0.05) is 10.8 Å². The first kappa shape index (κ1) is 25.2. The van der Waals surface area contributed by atoms with E-state index in [2.05, 4.69) is 0 Å². The second-order valence-electron chi connectivity index (χ2n) is 9.68. The Labute approximate surface area is 243 Å². The minimum absolute atomic E-state index is 0.615. The van der Waals surface area contributed by atoms with Crippen molar-refractivity contribution in [1.82, 2.24) is 0 Å². The number of rotatable bonds is 8. The van der Waals surface area contributed by atoms with E-state index in [-0.39, 0.29) is 0 Å². The fraction of sp³-hybridized carbons (Fsp3) is 0. The van der Waals surface area contributed by atoms with E-state index in [1.54, 1.807) is 0 Å². The molecule has 0 bridgehead atoms. The number of benzene rings is 7. The van der Waals surface area contributed by atoms with Gasteiger partial charge in [-0.15, -0.1) is 0 Å². The Balaban J connectivity index is 1.56. The number of ether oxygens (including phenoxy) is 4. The van der Waals surface area contributed by atoms with Gasteiger partial charge in [-0.25, -0.2) is 0 Å². The van der Waals surface area contributed by atoms with E-state index < -0.39 is 0 Å². The molecule has 0 aromatic heterocycles. The highest BCUT2D eigenvalue weighted by atomic mass is 16.5. The van der Waals surface area contributed by atoms with Gasteiger partial charge in [0.25, 0.3) is 0 Å². The lowest BCUT2D eigenvalue weighted by atomic mass is 9.98. The Hall–Kier alpha value is -5.74. The zero-order valence-electron chi connectivity index (χ0n) is 22.6. The van der Waals surface area contributed by atoms with Crippen molar-refractivity contribution >= 4 is 21.5 Å². The topological polar surface area (TPSA) is 36.9 Å². The van der Waals surface area contributed by atoms with Gasteiger partial charge < -0.3 is 18.9 Å². The van der Waals surface area contributed by atoms with Crippen LogP contribution in [-0.4, -0.2) is 0 Å². The molecule has 0 heterocycles. The van der Waals surface area contributed by atoms with Crippen LogP contribution >= 0.6 is 0 Å². The molecule has 0 aliphatic carbocycles. The Kier molecular flexibility index (Phi) is 6.85. The highest BCUT2D eigenvalue weighted by molar-refractivity contribution is 6.15. The summed E-state index contributed by atoms with van der Waals surface area (Å²) in [6, 6.07) is 50.9. The van der Waals surface area contributed by atoms with Crippen molar-refractivity contribution in [3.05, 3.63) is 158 Å². The van der Waals surface area contributed by atoms with Gasteiger partial charge in [-0.2, -0.15) is 0 Å². The third-order valence-electron chi connectivity index (χ3n) is 6.86. The van der Waals surface area contributed by atoms with Gasteiger partial charge >= 0.3 is 0 Å². The maximum Gasteiger partial charge on any atom is 0.150 e. The second kappa shape index (κ2) is 11.4. The molecule has 0 unspecified atom stereocenters. The quantitative estimate of drug-likeness (QED) is 0.178. The van der Waals surface area contributed by atoms with Crippen molar-refractivity contribution in [2.45, 2.75) is 0 Å². The van der Waals surface area contributed by atoms with E-state index in [4.69, 9.17) is 18.9 Å². The lowest BCUT2D eigenvalue weighted by Crippen LogP contribution is -1.97. The number of para-hydroxylation sites is 4. The molecule has 0 atom stereocenters. The Morgan fingerprint density at radius 2 is 0.595 bits per heavy atom. The predicted molar refractivity (Wildman–Crippen MR) is 168 cm³/mol. The van der Waals surface area contributed by atoms with Crippen molar-refractivity contribution in [1.29, 1.82) is 0 Å². The molecule has 0 aliphatic heterocycles. The van der Waals surface area contributed by atoms with E-state index in [1.807, 2.05) is 158 Å². The molecule has 4 heteroatoms. The summed E-state index contributed by atoms with van der Waals surface area (Å²) in [7, 11) is 0. The number of fused-ring (bicyclic) bond motifs is 2. The van der Waals surface area contributed by atoms with Gasteiger partial charge in [-0.1, -0.05) is 97.1 Å². The second-order valence-corrected chi connectivity index (χ2v) is 9.68. The smallest absolute Gasteiger partial charge is 0.150 e. The third-order valence-corrected chi connectivity index (χ3v) is 6.86. The molecule has 7 aromatic rings. The summed E-state index contributed by atoms with van der Waals surface area (Å²) in [6.07, 6.45) is 0. The summed E-state index contributed by atoms with van der Waals surface area (Å²) in [4.78, 5) is 0. The Morgan fingerprint density at radius 3 is 0.976 bits per heavy atom. The fourth-order valence-electron chi connectivity index (χ4n) is 5.01. The molecule has 202 valence electrons. The SMILES string of the molecule is c1ccc(Oc2c3cccc(Oc4ccccc4)c3c(Oc3ccccc3)c3c(Oc4ccccc4)cccc23)cc1. The van der Waals surface area contributed by atoms with Gasteiger partial charge in [-0.3, -0.25) is 0 Å². The summed E-state index contributed by atoms with van der Waals surface area (Å²) >= 11 is 0. The molecule has 0 fully saturated rings. The van der Waals surface area contributed by atoms with Crippen LogP contribution in [0.1, 0.15) is 0 Å². The molecule has 0 aliphatic rings. The van der Waals surface area contributed by atoms with Crippen molar-refractivity contribution < 1.29 is 18.9 Å². The lowest BCUT2D eigenvalue weighted by molar-refractivity contribution is 0.465. The third kappa shape index (κ3) is 5.09. The van der Waals surface area contributed by atoms with Gasteiger partial charge in [-0.05, 0) is 60.7 Å². The highest BCUT2D eigenvalue weighted by Gasteiger charge is 2.24. The molecule has 4 nitrogen and oxygen atoms in total. The maximum absolute atomic E-state index is 6.75. The van der Waals surface area contributed by atoms with Crippen LogP contribution < -0.4 is 18.9 Å². The molecule has 42 heavy (non-hydrogen) atoms. The van der Waals surface area contributed by atoms with Gasteiger partial charge in [0.1, 0.15) is 40.2 Å². The largest absolute Gasteiger partial charge is 0.457 e. The normalized spacial score (nSPS) is 10.9. The number of hydrogen-bond acceptors (Lipinski definition) is 4. The first-order valence-corrected chi connectivity index (χ1v) is 13.8. The summed E-state index contributed by atoms with van der Waals surface area (Å²) < 4.78 is 26.4. The summed E-state index contributed by atoms with van der Waals surface area (Å²) in [5.74, 6) is 5.43. The maximum atomic E-state index is 6.75. The molecule has 0 radical (unpaired) electrons. The van der Waals surface area contributed by atoms with Crippen molar-refractivity contribution in [2.75, 3.05) is 0 Å². The van der Waals surface area contributed by atoms with Gasteiger partial charge in [0.15, 0.2) is 5.75 Å². The zero-order valence-corrected chi connectivity index (χ0v) is 22.6. The minimum Gasteiger partial charge on any atom is -0.457 e. The molecule has 7 aromatic carbocycles. The average Bonchev–Trinajstić information content (AvgIpc) is 3.04.